The molecule has 26 heavy (non-hydrogen) atoms. The summed E-state index contributed by atoms with van der Waals surface area (Å²) in [5.74, 6) is 1.83. The number of rotatable bonds is 6. The van der Waals surface area contributed by atoms with Crippen molar-refractivity contribution in [3.8, 4) is 0 Å². The van der Waals surface area contributed by atoms with Crippen molar-refractivity contribution in [1.82, 2.24) is 15.8 Å². The van der Waals surface area contributed by atoms with Gasteiger partial charge in [-0.3, -0.25) is 4.99 Å². The quantitative estimate of drug-likeness (QED) is 0.461. The molecule has 0 saturated carbocycles. The first-order valence-electron chi connectivity index (χ1n) is 9.34. The van der Waals surface area contributed by atoms with Crippen molar-refractivity contribution < 1.29 is 4.52 Å². The molecule has 0 bridgehead atoms. The summed E-state index contributed by atoms with van der Waals surface area (Å²) in [6.07, 6.45) is 4.28. The van der Waals surface area contributed by atoms with Crippen molar-refractivity contribution in [1.29, 1.82) is 0 Å². The second-order valence-electron chi connectivity index (χ2n) is 6.76. The van der Waals surface area contributed by atoms with E-state index in [1.165, 1.54) is 10.6 Å². The normalized spacial score (nSPS) is 16.1. The van der Waals surface area contributed by atoms with Gasteiger partial charge in [0.15, 0.2) is 5.96 Å². The topological polar surface area (TPSA) is 65.7 Å². The molecular formula is C19H29N5OS. The second kappa shape index (κ2) is 9.07. The fraction of sp³-hybridized carbons (Fsp3) is 0.579. The van der Waals surface area contributed by atoms with Gasteiger partial charge in [0.05, 0.1) is 10.7 Å². The summed E-state index contributed by atoms with van der Waals surface area (Å²) in [6, 6.07) is 4.82. The van der Waals surface area contributed by atoms with Gasteiger partial charge in [0, 0.05) is 38.3 Å². The number of anilines is 1. The van der Waals surface area contributed by atoms with Crippen molar-refractivity contribution in [3.05, 3.63) is 34.5 Å². The molecule has 1 aliphatic heterocycles. The first kappa shape index (κ1) is 18.8. The maximum absolute atomic E-state index is 5.22. The molecule has 0 atom stereocenters. The molecule has 1 aliphatic rings. The van der Waals surface area contributed by atoms with Crippen LogP contribution in [0.3, 0.4) is 0 Å². The summed E-state index contributed by atoms with van der Waals surface area (Å²) >= 11 is 1.82. The Morgan fingerprint density at radius 3 is 2.81 bits per heavy atom. The molecule has 1 fully saturated rings. The summed E-state index contributed by atoms with van der Waals surface area (Å²) in [5, 5.41) is 14.5. The Morgan fingerprint density at radius 2 is 2.19 bits per heavy atom. The van der Waals surface area contributed by atoms with Crippen LogP contribution in [0.5, 0.6) is 0 Å². The Bertz CT molecular complexity index is 682. The van der Waals surface area contributed by atoms with Crippen molar-refractivity contribution in [3.63, 3.8) is 0 Å². The molecule has 0 radical (unpaired) electrons. The second-order valence-corrected chi connectivity index (χ2v) is 7.69. The minimum absolute atomic E-state index is 0.486. The molecule has 7 heteroatoms. The Kier molecular flexibility index (Phi) is 6.55. The number of nitrogens with one attached hydrogen (secondary N) is 2. The summed E-state index contributed by atoms with van der Waals surface area (Å²) in [5.41, 5.74) is 2.23. The number of aliphatic imine (C=N–C) groups is 1. The van der Waals surface area contributed by atoms with Gasteiger partial charge in [0.2, 0.25) is 0 Å². The number of hydrogen-bond acceptors (Lipinski definition) is 5. The molecule has 2 aromatic heterocycles. The number of nitrogens with zero attached hydrogens (tertiary/aromatic N) is 3. The molecule has 0 spiro atoms. The third-order valence-electron chi connectivity index (χ3n) is 4.95. The predicted octanol–water partition coefficient (Wildman–Crippen LogP) is 3.12. The molecular weight excluding hydrogens is 346 g/mol. The highest BCUT2D eigenvalue weighted by molar-refractivity contribution is 7.14. The third kappa shape index (κ3) is 4.78. The van der Waals surface area contributed by atoms with Crippen LogP contribution in [-0.2, 0) is 6.42 Å². The first-order valence-corrected chi connectivity index (χ1v) is 10.2. The zero-order valence-corrected chi connectivity index (χ0v) is 16.7. The van der Waals surface area contributed by atoms with E-state index in [0.29, 0.717) is 6.04 Å². The highest BCUT2D eigenvalue weighted by Crippen LogP contribution is 2.24. The van der Waals surface area contributed by atoms with Crippen LogP contribution in [-0.4, -0.2) is 43.8 Å². The first-order chi connectivity index (χ1) is 12.7. The van der Waals surface area contributed by atoms with Gasteiger partial charge < -0.3 is 20.1 Å². The fourth-order valence-corrected chi connectivity index (χ4v) is 4.20. The molecule has 2 aromatic rings. The van der Waals surface area contributed by atoms with Crippen LogP contribution in [0.25, 0.3) is 0 Å². The van der Waals surface area contributed by atoms with E-state index in [-0.39, 0.29) is 0 Å². The van der Waals surface area contributed by atoms with Gasteiger partial charge in [0.1, 0.15) is 5.76 Å². The van der Waals surface area contributed by atoms with Crippen molar-refractivity contribution in [2.24, 2.45) is 4.99 Å². The van der Waals surface area contributed by atoms with E-state index >= 15 is 0 Å². The molecule has 0 unspecified atom stereocenters. The Morgan fingerprint density at radius 1 is 1.38 bits per heavy atom. The molecule has 3 rings (SSSR count). The summed E-state index contributed by atoms with van der Waals surface area (Å²) in [4.78, 5) is 6.85. The van der Waals surface area contributed by atoms with Gasteiger partial charge >= 0.3 is 0 Å². The highest BCUT2D eigenvalue weighted by Gasteiger charge is 2.20. The molecule has 3 heterocycles. The Balaban J connectivity index is 1.37. The van der Waals surface area contributed by atoms with Crippen molar-refractivity contribution in [2.75, 3.05) is 31.6 Å². The van der Waals surface area contributed by atoms with Crippen LogP contribution in [0.2, 0.25) is 0 Å². The third-order valence-corrected chi connectivity index (χ3v) is 5.88. The Hall–Kier alpha value is -2.02. The SMILES string of the molecule is CN=C(NCCCc1c(C)noc1C)NC1CCN(c2cccs2)CC1. The minimum atomic E-state index is 0.486. The largest absolute Gasteiger partial charge is 0.363 e. The van der Waals surface area contributed by atoms with Gasteiger partial charge in [-0.2, -0.15) is 0 Å². The van der Waals surface area contributed by atoms with Gasteiger partial charge in [-0.1, -0.05) is 5.16 Å². The van der Waals surface area contributed by atoms with Crippen LogP contribution in [0.4, 0.5) is 5.00 Å². The molecule has 0 aromatic carbocycles. The average Bonchev–Trinajstić information content (AvgIpc) is 3.30. The van der Waals surface area contributed by atoms with Gasteiger partial charge in [-0.05, 0) is 57.0 Å². The monoisotopic (exact) mass is 375 g/mol. The van der Waals surface area contributed by atoms with E-state index < -0.39 is 0 Å². The summed E-state index contributed by atoms with van der Waals surface area (Å²) in [6.45, 7) is 7.06. The van der Waals surface area contributed by atoms with E-state index in [1.807, 2.05) is 32.2 Å². The number of piperidine rings is 1. The van der Waals surface area contributed by atoms with Gasteiger partial charge in [-0.25, -0.2) is 0 Å². The summed E-state index contributed by atoms with van der Waals surface area (Å²) < 4.78 is 5.22. The molecule has 2 N–H and O–H groups in total. The maximum Gasteiger partial charge on any atom is 0.191 e. The fourth-order valence-electron chi connectivity index (χ4n) is 3.41. The highest BCUT2D eigenvalue weighted by atomic mass is 32.1. The standard InChI is InChI=1S/C19H29N5OS/c1-14-17(15(2)25-23-14)6-4-10-21-19(20-3)22-16-8-11-24(12-9-16)18-7-5-13-26-18/h5,7,13,16H,4,6,8-12H2,1-3H3,(H2,20,21,22). The number of hydrogen-bond donors (Lipinski definition) is 2. The van der Waals surface area contributed by atoms with Crippen molar-refractivity contribution >= 4 is 22.3 Å². The number of thiophene rings is 1. The maximum atomic E-state index is 5.22. The average molecular weight is 376 g/mol. The van der Waals surface area contributed by atoms with Crippen LogP contribution in [0, 0.1) is 13.8 Å². The molecule has 142 valence electrons. The predicted molar refractivity (Wildman–Crippen MR) is 108 cm³/mol. The zero-order chi connectivity index (χ0) is 18.4. The molecule has 1 saturated heterocycles. The smallest absolute Gasteiger partial charge is 0.191 e. The van der Waals surface area contributed by atoms with Crippen LogP contribution in [0.1, 0.15) is 36.3 Å². The number of aromatic nitrogens is 1. The van der Waals surface area contributed by atoms with Gasteiger partial charge in [-0.15, -0.1) is 11.3 Å². The van der Waals surface area contributed by atoms with Crippen LogP contribution < -0.4 is 15.5 Å². The lowest BCUT2D eigenvalue weighted by molar-refractivity contribution is 0.392. The summed E-state index contributed by atoms with van der Waals surface area (Å²) in [7, 11) is 1.84. The van der Waals surface area contributed by atoms with Gasteiger partial charge in [0.25, 0.3) is 0 Å². The van der Waals surface area contributed by atoms with E-state index in [0.717, 1.165) is 62.7 Å². The van der Waals surface area contributed by atoms with Crippen LogP contribution >= 0.6 is 11.3 Å². The van der Waals surface area contributed by atoms with E-state index in [1.54, 1.807) is 0 Å². The molecule has 6 nitrogen and oxygen atoms in total. The minimum Gasteiger partial charge on any atom is -0.363 e. The van der Waals surface area contributed by atoms with Crippen LogP contribution in [0.15, 0.2) is 27.0 Å². The van der Waals surface area contributed by atoms with Crippen molar-refractivity contribution in [2.45, 2.75) is 45.6 Å². The number of aryl methyl sites for hydroxylation is 2. The lowest BCUT2D eigenvalue weighted by atomic mass is 10.1. The van der Waals surface area contributed by atoms with E-state index in [9.17, 15) is 0 Å². The molecule has 0 aliphatic carbocycles. The lowest BCUT2D eigenvalue weighted by Crippen LogP contribution is -2.48. The zero-order valence-electron chi connectivity index (χ0n) is 15.9. The van der Waals surface area contributed by atoms with E-state index in [4.69, 9.17) is 4.52 Å². The lowest BCUT2D eigenvalue weighted by Gasteiger charge is -2.33. The Labute approximate surface area is 159 Å². The molecule has 0 amide bonds. The van der Waals surface area contributed by atoms with E-state index in [2.05, 4.69) is 43.2 Å². The number of guanidine groups is 1.